The van der Waals surface area contributed by atoms with Crippen LogP contribution in [0.15, 0.2) is 24.3 Å². The number of likely N-dealkylation sites (N-methyl/N-ethyl adjacent to an activating group) is 1. The Bertz CT molecular complexity index is 404. The third-order valence-corrected chi connectivity index (χ3v) is 2.90. The molecule has 0 aromatic heterocycles. The summed E-state index contributed by atoms with van der Waals surface area (Å²) in [6.45, 7) is 3.06. The Morgan fingerprint density at radius 1 is 1.25 bits per heavy atom. The minimum Gasteiger partial charge on any atom is -0.370 e. The number of hydrogen-bond acceptors (Lipinski definition) is 2. The molecule has 1 N–H and O–H groups in total. The van der Waals surface area contributed by atoms with Crippen LogP contribution in [0.2, 0.25) is 0 Å². The second-order valence-corrected chi connectivity index (χ2v) is 5.31. The Kier molecular flexibility index (Phi) is 6.49. The van der Waals surface area contributed by atoms with Gasteiger partial charge in [-0.1, -0.05) is 38.1 Å². The van der Waals surface area contributed by atoms with Gasteiger partial charge in [0.2, 0.25) is 0 Å². The summed E-state index contributed by atoms with van der Waals surface area (Å²) in [6, 6.07) is 7.66. The molecule has 20 heavy (non-hydrogen) atoms. The molecule has 114 valence electrons. The lowest BCUT2D eigenvalue weighted by Gasteiger charge is -2.18. The van der Waals surface area contributed by atoms with Crippen molar-refractivity contribution in [1.82, 2.24) is 5.32 Å². The maximum absolute atomic E-state index is 12.1. The van der Waals surface area contributed by atoms with Gasteiger partial charge in [0.15, 0.2) is 0 Å². The van der Waals surface area contributed by atoms with Gasteiger partial charge in [-0.2, -0.15) is 13.2 Å². The Balaban J connectivity index is 2.64. The monoisotopic (exact) mass is 289 g/mol. The van der Waals surface area contributed by atoms with Crippen molar-refractivity contribution in [2.75, 3.05) is 20.3 Å². The standard InChI is InChI=1S/C15H22F3NO/c1-11(2)7-12-5-4-6-13(8-12)14(19-3)9-20-10-15(16,17)18/h4-6,8,11,14,19H,7,9-10H2,1-3H3. The number of alkyl halides is 3. The lowest BCUT2D eigenvalue weighted by Crippen LogP contribution is -2.25. The molecule has 2 nitrogen and oxygen atoms in total. The Morgan fingerprint density at radius 2 is 1.95 bits per heavy atom. The maximum atomic E-state index is 12.1. The Morgan fingerprint density at radius 3 is 2.50 bits per heavy atom. The molecular weight excluding hydrogens is 267 g/mol. The maximum Gasteiger partial charge on any atom is 0.411 e. The quantitative estimate of drug-likeness (QED) is 0.826. The fourth-order valence-electron chi connectivity index (χ4n) is 2.05. The second kappa shape index (κ2) is 7.64. The first-order chi connectivity index (χ1) is 9.31. The molecule has 0 spiro atoms. The summed E-state index contributed by atoms with van der Waals surface area (Å²) >= 11 is 0. The van der Waals surface area contributed by atoms with Crippen molar-refractivity contribution in [2.24, 2.45) is 5.92 Å². The summed E-state index contributed by atoms with van der Waals surface area (Å²) in [5.74, 6) is 0.541. The topological polar surface area (TPSA) is 21.3 Å². The van der Waals surface area contributed by atoms with Crippen LogP contribution in [0.1, 0.15) is 31.0 Å². The number of nitrogens with one attached hydrogen (secondary N) is 1. The van der Waals surface area contributed by atoms with E-state index in [-0.39, 0.29) is 12.6 Å². The number of rotatable bonds is 7. The van der Waals surface area contributed by atoms with Gasteiger partial charge >= 0.3 is 6.18 Å². The van der Waals surface area contributed by atoms with Gasteiger partial charge in [0, 0.05) is 0 Å². The largest absolute Gasteiger partial charge is 0.411 e. The van der Waals surface area contributed by atoms with E-state index in [1.807, 2.05) is 24.3 Å². The van der Waals surface area contributed by atoms with Crippen molar-refractivity contribution in [3.63, 3.8) is 0 Å². The van der Waals surface area contributed by atoms with Crippen LogP contribution in [0.5, 0.6) is 0 Å². The van der Waals surface area contributed by atoms with E-state index in [2.05, 4.69) is 19.2 Å². The average molecular weight is 289 g/mol. The summed E-state index contributed by atoms with van der Waals surface area (Å²) in [5, 5.41) is 2.99. The van der Waals surface area contributed by atoms with Crippen molar-refractivity contribution in [2.45, 2.75) is 32.5 Å². The van der Waals surface area contributed by atoms with Gasteiger partial charge in [-0.25, -0.2) is 0 Å². The van der Waals surface area contributed by atoms with Gasteiger partial charge in [0.05, 0.1) is 12.6 Å². The summed E-state index contributed by atoms with van der Waals surface area (Å²) < 4.78 is 41.0. The fourth-order valence-corrected chi connectivity index (χ4v) is 2.05. The highest BCUT2D eigenvalue weighted by atomic mass is 19.4. The van der Waals surface area contributed by atoms with Crippen LogP contribution < -0.4 is 5.32 Å². The van der Waals surface area contributed by atoms with Crippen molar-refractivity contribution >= 4 is 0 Å². The fraction of sp³-hybridized carbons (Fsp3) is 0.600. The van der Waals surface area contributed by atoms with Crippen LogP contribution in [0.4, 0.5) is 13.2 Å². The molecule has 0 aliphatic rings. The van der Waals surface area contributed by atoms with Crippen LogP contribution in [0, 0.1) is 5.92 Å². The number of hydrogen-bond donors (Lipinski definition) is 1. The molecule has 0 saturated heterocycles. The molecule has 0 aliphatic carbocycles. The Labute approximate surface area is 118 Å². The van der Waals surface area contributed by atoms with Gasteiger partial charge in [0.25, 0.3) is 0 Å². The van der Waals surface area contributed by atoms with Gasteiger partial charge < -0.3 is 10.1 Å². The molecule has 1 unspecified atom stereocenters. The normalized spacial score (nSPS) is 13.8. The molecule has 0 bridgehead atoms. The van der Waals surface area contributed by atoms with Crippen molar-refractivity contribution in [3.05, 3.63) is 35.4 Å². The van der Waals surface area contributed by atoms with Gasteiger partial charge in [-0.05, 0) is 30.5 Å². The van der Waals surface area contributed by atoms with Crippen LogP contribution in [-0.4, -0.2) is 26.4 Å². The molecule has 0 heterocycles. The van der Waals surface area contributed by atoms with Crippen molar-refractivity contribution in [3.8, 4) is 0 Å². The van der Waals surface area contributed by atoms with E-state index in [4.69, 9.17) is 4.74 Å². The minimum absolute atomic E-state index is 0.00113. The highest BCUT2D eigenvalue weighted by Crippen LogP contribution is 2.19. The number of halogens is 3. The van der Waals surface area contributed by atoms with E-state index >= 15 is 0 Å². The SMILES string of the molecule is CNC(COCC(F)(F)F)c1cccc(CC(C)C)c1. The molecule has 1 rings (SSSR count). The van der Waals surface area contributed by atoms with Crippen LogP contribution >= 0.6 is 0 Å². The summed E-state index contributed by atoms with van der Waals surface area (Å²) in [6.07, 6.45) is -3.33. The molecule has 0 fully saturated rings. The van der Waals surface area contributed by atoms with Gasteiger partial charge in [-0.3, -0.25) is 0 Å². The highest BCUT2D eigenvalue weighted by molar-refractivity contribution is 5.26. The van der Waals surface area contributed by atoms with Crippen LogP contribution in [0.3, 0.4) is 0 Å². The highest BCUT2D eigenvalue weighted by Gasteiger charge is 2.28. The van der Waals surface area contributed by atoms with E-state index < -0.39 is 12.8 Å². The van der Waals surface area contributed by atoms with E-state index in [1.54, 1.807) is 7.05 Å². The van der Waals surface area contributed by atoms with E-state index in [0.717, 1.165) is 12.0 Å². The van der Waals surface area contributed by atoms with E-state index in [0.29, 0.717) is 5.92 Å². The molecule has 1 aromatic rings. The molecule has 1 atom stereocenters. The molecular formula is C15H22F3NO. The Hall–Kier alpha value is -1.07. The second-order valence-electron chi connectivity index (χ2n) is 5.31. The van der Waals surface area contributed by atoms with Crippen LogP contribution in [0.25, 0.3) is 0 Å². The van der Waals surface area contributed by atoms with Crippen LogP contribution in [-0.2, 0) is 11.2 Å². The van der Waals surface area contributed by atoms with Gasteiger partial charge in [-0.15, -0.1) is 0 Å². The molecule has 0 aliphatic heterocycles. The summed E-state index contributed by atoms with van der Waals surface area (Å²) in [4.78, 5) is 0. The lowest BCUT2D eigenvalue weighted by molar-refractivity contribution is -0.175. The minimum atomic E-state index is -4.28. The molecule has 0 saturated carbocycles. The first kappa shape index (κ1) is 17.0. The zero-order chi connectivity index (χ0) is 15.2. The molecule has 0 radical (unpaired) electrons. The van der Waals surface area contributed by atoms with Gasteiger partial charge in [0.1, 0.15) is 6.61 Å². The van der Waals surface area contributed by atoms with E-state index in [1.165, 1.54) is 5.56 Å². The lowest BCUT2D eigenvalue weighted by atomic mass is 9.98. The predicted molar refractivity (Wildman–Crippen MR) is 73.7 cm³/mol. The molecule has 0 amide bonds. The number of ether oxygens (including phenoxy) is 1. The first-order valence-electron chi connectivity index (χ1n) is 6.72. The third-order valence-electron chi connectivity index (χ3n) is 2.90. The smallest absolute Gasteiger partial charge is 0.370 e. The van der Waals surface area contributed by atoms with Crippen molar-refractivity contribution in [1.29, 1.82) is 0 Å². The summed E-state index contributed by atoms with van der Waals surface area (Å²) in [5.41, 5.74) is 2.14. The first-order valence-corrected chi connectivity index (χ1v) is 6.72. The predicted octanol–water partition coefficient (Wildman–Crippen LogP) is 3.72. The number of benzene rings is 1. The van der Waals surface area contributed by atoms with Crippen molar-refractivity contribution < 1.29 is 17.9 Å². The third kappa shape index (κ3) is 6.39. The molecule has 5 heteroatoms. The zero-order valence-electron chi connectivity index (χ0n) is 12.1. The zero-order valence-corrected chi connectivity index (χ0v) is 12.1. The molecule has 1 aromatic carbocycles. The average Bonchev–Trinajstić information content (AvgIpc) is 2.33. The van der Waals surface area contributed by atoms with E-state index in [9.17, 15) is 13.2 Å². The summed E-state index contributed by atoms with van der Waals surface area (Å²) in [7, 11) is 1.72.